The predicted molar refractivity (Wildman–Crippen MR) is 86.1 cm³/mol. The fourth-order valence-electron chi connectivity index (χ4n) is 2.02. The number of halogens is 1. The Labute approximate surface area is 134 Å². The number of hydrogen-bond acceptors (Lipinski definition) is 4. The second-order valence-corrected chi connectivity index (χ2v) is 8.70. The van der Waals surface area contributed by atoms with Gasteiger partial charge in [-0.25, -0.2) is 18.1 Å². The van der Waals surface area contributed by atoms with Crippen LogP contribution in [0.25, 0.3) is 0 Å². The van der Waals surface area contributed by atoms with Crippen molar-refractivity contribution in [2.45, 2.75) is 30.5 Å². The molecule has 4 nitrogen and oxygen atoms in total. The van der Waals surface area contributed by atoms with E-state index in [1.807, 2.05) is 30.3 Å². The average molecular weight is 345 g/mol. The first kappa shape index (κ1) is 16.4. The molecule has 114 valence electrons. The van der Waals surface area contributed by atoms with Gasteiger partial charge in [0.05, 0.1) is 6.20 Å². The molecule has 0 spiro atoms. The second-order valence-electron chi connectivity index (χ2n) is 5.15. The van der Waals surface area contributed by atoms with E-state index >= 15 is 0 Å². The number of hydrogen-bond donors (Lipinski definition) is 1. The average Bonchev–Trinajstić information content (AvgIpc) is 2.86. The van der Waals surface area contributed by atoms with E-state index in [4.69, 9.17) is 11.6 Å². The largest absolute Gasteiger partial charge is 0.252 e. The third-order valence-corrected chi connectivity index (χ3v) is 5.98. The first-order chi connectivity index (χ1) is 9.88. The van der Waals surface area contributed by atoms with Gasteiger partial charge in [0.25, 0.3) is 10.0 Å². The molecular weight excluding hydrogens is 328 g/mol. The molecule has 7 heteroatoms. The fourth-order valence-corrected chi connectivity index (χ4v) is 4.56. The molecule has 0 saturated carbocycles. The number of thiazole rings is 1. The van der Waals surface area contributed by atoms with Gasteiger partial charge in [-0.1, -0.05) is 67.1 Å². The maximum absolute atomic E-state index is 12.4. The zero-order valence-electron chi connectivity index (χ0n) is 11.8. The molecule has 0 aliphatic heterocycles. The summed E-state index contributed by atoms with van der Waals surface area (Å²) in [6, 6.07) is 9.30. The Morgan fingerprint density at radius 1 is 1.29 bits per heavy atom. The normalized spacial score (nSPS) is 13.5. The molecule has 0 saturated heterocycles. The Balaban J connectivity index is 2.27. The third-order valence-electron chi connectivity index (χ3n) is 2.93. The molecule has 0 amide bonds. The van der Waals surface area contributed by atoms with Gasteiger partial charge in [0.1, 0.15) is 0 Å². The number of nitrogens with zero attached hydrogens (tertiary/aromatic N) is 1. The summed E-state index contributed by atoms with van der Waals surface area (Å²) in [7, 11) is -3.61. The van der Waals surface area contributed by atoms with Crippen molar-refractivity contribution in [2.24, 2.45) is 5.92 Å². The van der Waals surface area contributed by atoms with Crippen LogP contribution < -0.4 is 4.72 Å². The molecule has 1 unspecified atom stereocenters. The third kappa shape index (κ3) is 4.51. The molecule has 0 fully saturated rings. The van der Waals surface area contributed by atoms with E-state index < -0.39 is 10.0 Å². The van der Waals surface area contributed by atoms with Gasteiger partial charge in [0, 0.05) is 6.04 Å². The van der Waals surface area contributed by atoms with Crippen LogP contribution in [0.2, 0.25) is 4.47 Å². The topological polar surface area (TPSA) is 59.1 Å². The molecule has 1 atom stereocenters. The van der Waals surface area contributed by atoms with E-state index in [1.165, 1.54) is 6.20 Å². The van der Waals surface area contributed by atoms with Gasteiger partial charge in [-0.05, 0) is 17.9 Å². The summed E-state index contributed by atoms with van der Waals surface area (Å²) in [5.74, 6) is 0.364. The van der Waals surface area contributed by atoms with Gasteiger partial charge in [0.15, 0.2) is 8.68 Å². The molecule has 21 heavy (non-hydrogen) atoms. The van der Waals surface area contributed by atoms with Crippen LogP contribution in [0.1, 0.15) is 31.9 Å². The van der Waals surface area contributed by atoms with E-state index in [9.17, 15) is 8.42 Å². The molecule has 0 aliphatic carbocycles. The zero-order valence-corrected chi connectivity index (χ0v) is 14.2. The summed E-state index contributed by atoms with van der Waals surface area (Å²) < 4.78 is 27.9. The first-order valence-electron chi connectivity index (χ1n) is 6.57. The molecule has 0 aliphatic rings. The van der Waals surface area contributed by atoms with Crippen molar-refractivity contribution in [3.63, 3.8) is 0 Å². The van der Waals surface area contributed by atoms with E-state index in [0.717, 1.165) is 23.3 Å². The molecule has 1 aromatic heterocycles. The molecule has 1 heterocycles. The number of nitrogens with one attached hydrogen (secondary N) is 1. The molecule has 1 N–H and O–H groups in total. The van der Waals surface area contributed by atoms with E-state index in [-0.39, 0.29) is 14.7 Å². The van der Waals surface area contributed by atoms with Gasteiger partial charge in [-0.15, -0.1) is 0 Å². The number of sulfonamides is 1. The smallest absolute Gasteiger partial charge is 0.232 e. The van der Waals surface area contributed by atoms with Crippen LogP contribution in [0.3, 0.4) is 0 Å². The molecule has 2 rings (SSSR count). The van der Waals surface area contributed by atoms with Crippen LogP contribution in [0, 0.1) is 5.92 Å². The first-order valence-corrected chi connectivity index (χ1v) is 9.25. The van der Waals surface area contributed by atoms with Crippen molar-refractivity contribution in [1.82, 2.24) is 9.71 Å². The standard InChI is InChI=1S/C14H17ClN2O2S2/c1-10(2)8-12(11-6-4-3-5-7-11)17-21(18,19)13-9-16-14(15)20-13/h3-7,9-10,12,17H,8H2,1-2H3. The second kappa shape index (κ2) is 6.87. The van der Waals surface area contributed by atoms with Gasteiger partial charge in [-0.2, -0.15) is 0 Å². The summed E-state index contributed by atoms with van der Waals surface area (Å²) in [5.41, 5.74) is 0.949. The van der Waals surface area contributed by atoms with Crippen molar-refractivity contribution in [3.8, 4) is 0 Å². The highest BCUT2D eigenvalue weighted by Gasteiger charge is 2.24. The van der Waals surface area contributed by atoms with Crippen LogP contribution in [-0.4, -0.2) is 13.4 Å². The Hall–Kier alpha value is -0.950. The summed E-state index contributed by atoms with van der Waals surface area (Å²) >= 11 is 6.67. The van der Waals surface area contributed by atoms with Crippen molar-refractivity contribution in [2.75, 3.05) is 0 Å². The van der Waals surface area contributed by atoms with E-state index in [0.29, 0.717) is 5.92 Å². The quantitative estimate of drug-likeness (QED) is 0.865. The summed E-state index contributed by atoms with van der Waals surface area (Å²) in [6.45, 7) is 4.13. The maximum Gasteiger partial charge on any atom is 0.252 e. The van der Waals surface area contributed by atoms with E-state index in [1.54, 1.807) is 0 Å². The van der Waals surface area contributed by atoms with Gasteiger partial charge < -0.3 is 0 Å². The molecular formula is C14H17ClN2O2S2. The number of rotatable bonds is 6. The molecule has 0 bridgehead atoms. The highest BCUT2D eigenvalue weighted by atomic mass is 35.5. The zero-order chi connectivity index (χ0) is 15.5. The van der Waals surface area contributed by atoms with Gasteiger partial charge >= 0.3 is 0 Å². The minimum Gasteiger partial charge on any atom is -0.232 e. The SMILES string of the molecule is CC(C)CC(NS(=O)(=O)c1cnc(Cl)s1)c1ccccc1. The summed E-state index contributed by atoms with van der Waals surface area (Å²) in [5, 5.41) is 0. The van der Waals surface area contributed by atoms with Crippen LogP contribution in [0.15, 0.2) is 40.7 Å². The van der Waals surface area contributed by atoms with E-state index in [2.05, 4.69) is 23.6 Å². The minimum absolute atomic E-state index is 0.136. The number of benzene rings is 1. The highest BCUT2D eigenvalue weighted by molar-refractivity contribution is 7.91. The van der Waals surface area contributed by atoms with Crippen molar-refractivity contribution in [1.29, 1.82) is 0 Å². The minimum atomic E-state index is -3.61. The lowest BCUT2D eigenvalue weighted by atomic mass is 9.98. The monoisotopic (exact) mass is 344 g/mol. The lowest BCUT2D eigenvalue weighted by Gasteiger charge is -2.20. The number of aromatic nitrogens is 1. The maximum atomic E-state index is 12.4. The van der Waals surface area contributed by atoms with Crippen molar-refractivity contribution in [3.05, 3.63) is 46.6 Å². The van der Waals surface area contributed by atoms with Crippen LogP contribution in [-0.2, 0) is 10.0 Å². The van der Waals surface area contributed by atoms with Crippen LogP contribution >= 0.6 is 22.9 Å². The fraction of sp³-hybridized carbons (Fsp3) is 0.357. The van der Waals surface area contributed by atoms with Crippen molar-refractivity contribution >= 4 is 33.0 Å². The molecule has 1 aromatic carbocycles. The summed E-state index contributed by atoms with van der Waals surface area (Å²) in [6.07, 6.45) is 2.00. The lowest BCUT2D eigenvalue weighted by Crippen LogP contribution is -2.29. The predicted octanol–water partition coefficient (Wildman–Crippen LogP) is 3.86. The Kier molecular flexibility index (Phi) is 5.37. The highest BCUT2D eigenvalue weighted by Crippen LogP contribution is 2.27. The van der Waals surface area contributed by atoms with Crippen LogP contribution in [0.4, 0.5) is 0 Å². The summed E-state index contributed by atoms with van der Waals surface area (Å²) in [4.78, 5) is 3.79. The Morgan fingerprint density at radius 3 is 2.48 bits per heavy atom. The van der Waals surface area contributed by atoms with Gasteiger partial charge in [0.2, 0.25) is 0 Å². The van der Waals surface area contributed by atoms with Crippen molar-refractivity contribution < 1.29 is 8.42 Å². The molecule has 0 radical (unpaired) electrons. The lowest BCUT2D eigenvalue weighted by molar-refractivity contribution is 0.472. The van der Waals surface area contributed by atoms with Crippen LogP contribution in [0.5, 0.6) is 0 Å². The van der Waals surface area contributed by atoms with Gasteiger partial charge in [-0.3, -0.25) is 0 Å². The molecule has 2 aromatic rings. The Bertz CT molecular complexity index is 684. The Morgan fingerprint density at radius 2 is 1.95 bits per heavy atom.